The second-order valence-electron chi connectivity index (χ2n) is 5.86. The van der Waals surface area contributed by atoms with E-state index in [4.69, 9.17) is 23.2 Å². The van der Waals surface area contributed by atoms with Crippen molar-refractivity contribution >= 4 is 40.7 Å². The predicted molar refractivity (Wildman–Crippen MR) is 102 cm³/mol. The molecule has 26 heavy (non-hydrogen) atoms. The summed E-state index contributed by atoms with van der Waals surface area (Å²) >= 11 is 11.9. The molecule has 0 atom stereocenters. The van der Waals surface area contributed by atoms with Gasteiger partial charge in [0.25, 0.3) is 5.91 Å². The van der Waals surface area contributed by atoms with E-state index in [1.165, 1.54) is 17.0 Å². The minimum atomic E-state index is -0.456. The number of rotatable bonds is 6. The molecule has 2 rings (SSSR count). The number of benzene rings is 2. The van der Waals surface area contributed by atoms with E-state index >= 15 is 0 Å². The van der Waals surface area contributed by atoms with Crippen LogP contribution in [0.15, 0.2) is 36.4 Å². The average Bonchev–Trinajstić information content (AvgIpc) is 2.59. The summed E-state index contributed by atoms with van der Waals surface area (Å²) in [5.41, 5.74) is 1.03. The molecular formula is C19H19Cl2FN2O2. The molecule has 0 aromatic heterocycles. The highest BCUT2D eigenvalue weighted by Crippen LogP contribution is 2.25. The second kappa shape index (κ2) is 9.01. The van der Waals surface area contributed by atoms with Gasteiger partial charge < -0.3 is 10.2 Å². The van der Waals surface area contributed by atoms with Crippen molar-refractivity contribution in [3.05, 3.63) is 63.4 Å². The first-order valence-electron chi connectivity index (χ1n) is 8.12. The molecule has 4 nitrogen and oxygen atoms in total. The largest absolute Gasteiger partial charge is 0.329 e. The SMILES string of the molecule is CCCN(CC(=O)Nc1cc(Cl)ccc1Cl)C(=O)c1ccc(C)c(F)c1. The number of hydrogen-bond acceptors (Lipinski definition) is 2. The molecule has 0 fully saturated rings. The zero-order valence-corrected chi connectivity index (χ0v) is 16.0. The van der Waals surface area contributed by atoms with E-state index in [1.54, 1.807) is 31.2 Å². The van der Waals surface area contributed by atoms with Crippen molar-refractivity contribution in [3.8, 4) is 0 Å². The molecule has 2 amide bonds. The topological polar surface area (TPSA) is 49.4 Å². The van der Waals surface area contributed by atoms with Gasteiger partial charge in [0.15, 0.2) is 0 Å². The van der Waals surface area contributed by atoms with Crippen molar-refractivity contribution in [2.45, 2.75) is 20.3 Å². The van der Waals surface area contributed by atoms with Crippen LogP contribution in [0.25, 0.3) is 0 Å². The van der Waals surface area contributed by atoms with Crippen molar-refractivity contribution in [1.29, 1.82) is 0 Å². The number of aryl methyl sites for hydroxylation is 1. The highest BCUT2D eigenvalue weighted by atomic mass is 35.5. The highest BCUT2D eigenvalue weighted by molar-refractivity contribution is 6.35. The van der Waals surface area contributed by atoms with Crippen molar-refractivity contribution in [3.63, 3.8) is 0 Å². The van der Waals surface area contributed by atoms with Crippen LogP contribution in [0, 0.1) is 12.7 Å². The molecule has 7 heteroatoms. The van der Waals surface area contributed by atoms with E-state index < -0.39 is 17.6 Å². The summed E-state index contributed by atoms with van der Waals surface area (Å²) in [6, 6.07) is 8.99. The van der Waals surface area contributed by atoms with Gasteiger partial charge in [-0.2, -0.15) is 0 Å². The summed E-state index contributed by atoms with van der Waals surface area (Å²) in [6.07, 6.45) is 0.658. The maximum Gasteiger partial charge on any atom is 0.254 e. The Bertz CT molecular complexity index is 827. The highest BCUT2D eigenvalue weighted by Gasteiger charge is 2.19. The number of amides is 2. The van der Waals surface area contributed by atoms with Crippen molar-refractivity contribution < 1.29 is 14.0 Å². The molecule has 0 unspecified atom stereocenters. The standard InChI is InChI=1S/C19H19Cl2FN2O2/c1-3-8-24(19(26)13-5-4-12(2)16(22)9-13)11-18(25)23-17-10-14(20)6-7-15(17)21/h4-7,9-10H,3,8,11H2,1-2H3,(H,23,25). The number of nitrogens with zero attached hydrogens (tertiary/aromatic N) is 1. The van der Waals surface area contributed by atoms with Gasteiger partial charge in [-0.3, -0.25) is 9.59 Å². The summed E-state index contributed by atoms with van der Waals surface area (Å²) in [7, 11) is 0. The van der Waals surface area contributed by atoms with Crippen LogP contribution in [0.2, 0.25) is 10.0 Å². The molecule has 0 saturated heterocycles. The maximum atomic E-state index is 13.7. The Morgan fingerprint density at radius 3 is 2.54 bits per heavy atom. The summed E-state index contributed by atoms with van der Waals surface area (Å²) < 4.78 is 13.7. The number of hydrogen-bond donors (Lipinski definition) is 1. The number of carbonyl (C=O) groups excluding carboxylic acids is 2. The Hall–Kier alpha value is -2.11. The summed E-state index contributed by atoms with van der Waals surface area (Å²) in [5, 5.41) is 3.42. The molecule has 0 saturated carbocycles. The van der Waals surface area contributed by atoms with Crippen LogP contribution in [0.5, 0.6) is 0 Å². The van der Waals surface area contributed by atoms with Crippen molar-refractivity contribution in [2.24, 2.45) is 0 Å². The smallest absolute Gasteiger partial charge is 0.254 e. The van der Waals surface area contributed by atoms with E-state index in [1.807, 2.05) is 6.92 Å². The van der Waals surface area contributed by atoms with Gasteiger partial charge in [-0.05, 0) is 49.2 Å². The lowest BCUT2D eigenvalue weighted by atomic mass is 10.1. The van der Waals surface area contributed by atoms with Crippen LogP contribution in [-0.2, 0) is 4.79 Å². The lowest BCUT2D eigenvalue weighted by Crippen LogP contribution is -2.38. The summed E-state index contributed by atoms with van der Waals surface area (Å²) in [4.78, 5) is 26.3. The van der Waals surface area contributed by atoms with Gasteiger partial charge in [0, 0.05) is 17.1 Å². The minimum absolute atomic E-state index is 0.176. The van der Waals surface area contributed by atoms with Crippen LogP contribution < -0.4 is 5.32 Å². The summed E-state index contributed by atoms with van der Waals surface area (Å²) in [6.45, 7) is 3.70. The Balaban J connectivity index is 2.13. The van der Waals surface area contributed by atoms with E-state index in [9.17, 15) is 14.0 Å². The minimum Gasteiger partial charge on any atom is -0.329 e. The van der Waals surface area contributed by atoms with Gasteiger partial charge in [0.2, 0.25) is 5.91 Å². The number of nitrogens with one attached hydrogen (secondary N) is 1. The van der Waals surface area contributed by atoms with E-state index in [-0.39, 0.29) is 12.1 Å². The Morgan fingerprint density at radius 2 is 1.88 bits per heavy atom. The molecule has 1 N–H and O–H groups in total. The third-order valence-corrected chi connectivity index (χ3v) is 4.30. The second-order valence-corrected chi connectivity index (χ2v) is 6.71. The molecule has 0 aliphatic carbocycles. The first-order chi connectivity index (χ1) is 12.3. The molecular weight excluding hydrogens is 378 g/mol. The van der Waals surface area contributed by atoms with Crippen molar-refractivity contribution in [2.75, 3.05) is 18.4 Å². The Labute approximate surface area is 161 Å². The predicted octanol–water partition coefficient (Wildman–Crippen LogP) is 4.93. The van der Waals surface area contributed by atoms with Gasteiger partial charge in [-0.25, -0.2) is 4.39 Å². The number of anilines is 1. The van der Waals surface area contributed by atoms with Crippen LogP contribution in [0.3, 0.4) is 0 Å². The van der Waals surface area contributed by atoms with E-state index in [0.29, 0.717) is 34.3 Å². The van der Waals surface area contributed by atoms with Crippen LogP contribution in [0.4, 0.5) is 10.1 Å². The molecule has 138 valence electrons. The number of carbonyl (C=O) groups is 2. The molecule has 0 radical (unpaired) electrons. The van der Waals surface area contributed by atoms with Gasteiger partial charge in [-0.15, -0.1) is 0 Å². The molecule has 2 aromatic rings. The van der Waals surface area contributed by atoms with Crippen LogP contribution in [0.1, 0.15) is 29.3 Å². The van der Waals surface area contributed by atoms with E-state index in [0.717, 1.165) is 0 Å². The maximum absolute atomic E-state index is 13.7. The zero-order chi connectivity index (χ0) is 19.3. The van der Waals surface area contributed by atoms with Crippen LogP contribution in [-0.4, -0.2) is 29.8 Å². The van der Waals surface area contributed by atoms with E-state index in [2.05, 4.69) is 5.32 Å². The van der Waals surface area contributed by atoms with Gasteiger partial charge >= 0.3 is 0 Å². The molecule has 0 aliphatic heterocycles. The quantitative estimate of drug-likeness (QED) is 0.751. The zero-order valence-electron chi connectivity index (χ0n) is 14.5. The van der Waals surface area contributed by atoms with Crippen LogP contribution >= 0.6 is 23.2 Å². The third-order valence-electron chi connectivity index (χ3n) is 3.74. The fraction of sp³-hybridized carbons (Fsp3) is 0.263. The monoisotopic (exact) mass is 396 g/mol. The molecule has 2 aromatic carbocycles. The van der Waals surface area contributed by atoms with Gasteiger partial charge in [0.1, 0.15) is 12.4 Å². The first-order valence-corrected chi connectivity index (χ1v) is 8.87. The molecule has 0 aliphatic rings. The van der Waals surface area contributed by atoms with Gasteiger partial charge in [-0.1, -0.05) is 36.2 Å². The first kappa shape index (κ1) is 20.2. The lowest BCUT2D eigenvalue weighted by molar-refractivity contribution is -0.116. The Morgan fingerprint density at radius 1 is 1.15 bits per heavy atom. The van der Waals surface area contributed by atoms with Gasteiger partial charge in [0.05, 0.1) is 10.7 Å². The number of halogens is 3. The fourth-order valence-electron chi connectivity index (χ4n) is 2.39. The molecule has 0 spiro atoms. The molecule has 0 heterocycles. The normalized spacial score (nSPS) is 10.5. The Kier molecular flexibility index (Phi) is 7.00. The van der Waals surface area contributed by atoms with Crippen molar-refractivity contribution in [1.82, 2.24) is 4.90 Å². The summed E-state index contributed by atoms with van der Waals surface area (Å²) in [5.74, 6) is -1.27. The lowest BCUT2D eigenvalue weighted by Gasteiger charge is -2.22. The fourth-order valence-corrected chi connectivity index (χ4v) is 2.72. The average molecular weight is 397 g/mol. The molecule has 0 bridgehead atoms. The third kappa shape index (κ3) is 5.19.